The molecule has 0 aromatic carbocycles. The average Bonchev–Trinajstić information content (AvgIpc) is 2.46. The van der Waals surface area contributed by atoms with Crippen LogP contribution in [-0.4, -0.2) is 23.5 Å². The lowest BCUT2D eigenvalue weighted by molar-refractivity contribution is 0.310. The Bertz CT molecular complexity index is 306. The molecule has 3 nitrogen and oxygen atoms in total. The molecule has 4 heteroatoms. The molecular weight excluding hydrogens is 182 g/mol. The lowest BCUT2D eigenvalue weighted by atomic mass is 10.2. The van der Waals surface area contributed by atoms with Gasteiger partial charge in [0.15, 0.2) is 0 Å². The van der Waals surface area contributed by atoms with Crippen LogP contribution in [0.2, 0.25) is 0 Å². The van der Waals surface area contributed by atoms with E-state index >= 15 is 0 Å². The van der Waals surface area contributed by atoms with Gasteiger partial charge >= 0.3 is 0 Å². The minimum absolute atomic E-state index is 0.0842. The minimum Gasteiger partial charge on any atom is -0.322 e. The van der Waals surface area contributed by atoms with Gasteiger partial charge in [-0.3, -0.25) is 0 Å². The van der Waals surface area contributed by atoms with Crippen molar-refractivity contribution in [3.05, 3.63) is 15.6 Å². The zero-order valence-corrected chi connectivity index (χ0v) is 8.90. The first-order valence-electron chi connectivity index (χ1n) is 4.59. The number of rotatable bonds is 1. The summed E-state index contributed by atoms with van der Waals surface area (Å²) in [4.78, 5) is 8.29. The maximum Gasteiger partial charge on any atom is 0.110 e. The molecule has 72 valence electrons. The summed E-state index contributed by atoms with van der Waals surface area (Å²) in [5.41, 5.74) is 7.04. The third-order valence-corrected chi connectivity index (χ3v) is 3.68. The maximum absolute atomic E-state index is 5.79. The maximum atomic E-state index is 5.79. The van der Waals surface area contributed by atoms with E-state index in [0.717, 1.165) is 24.5 Å². The molecular formula is C9H15N3S. The van der Waals surface area contributed by atoms with Crippen LogP contribution in [0.3, 0.4) is 0 Å². The van der Waals surface area contributed by atoms with Gasteiger partial charge in [-0.15, -0.1) is 11.3 Å². The smallest absolute Gasteiger partial charge is 0.110 e. The highest BCUT2D eigenvalue weighted by molar-refractivity contribution is 7.11. The standard InChI is InChI=1S/C9H15N3S/c1-6(10)9-11-7-5-12(2)4-3-8(7)13-9/h6H,3-5,10H2,1-2H3. The average molecular weight is 197 g/mol. The van der Waals surface area contributed by atoms with Crippen molar-refractivity contribution < 1.29 is 0 Å². The topological polar surface area (TPSA) is 42.1 Å². The second-order valence-electron chi connectivity index (χ2n) is 3.70. The molecule has 1 atom stereocenters. The van der Waals surface area contributed by atoms with Gasteiger partial charge in [-0.2, -0.15) is 0 Å². The lowest BCUT2D eigenvalue weighted by Crippen LogP contribution is -2.25. The molecule has 0 saturated carbocycles. The summed E-state index contributed by atoms with van der Waals surface area (Å²) in [6.45, 7) is 4.13. The summed E-state index contributed by atoms with van der Waals surface area (Å²) in [5.74, 6) is 0. The molecule has 1 aliphatic rings. The Balaban J connectivity index is 2.28. The van der Waals surface area contributed by atoms with E-state index in [1.54, 1.807) is 11.3 Å². The molecule has 13 heavy (non-hydrogen) atoms. The van der Waals surface area contributed by atoms with Crippen molar-refractivity contribution in [1.82, 2.24) is 9.88 Å². The predicted octanol–water partition coefficient (Wildman–Crippen LogP) is 1.15. The molecule has 0 aliphatic carbocycles. The van der Waals surface area contributed by atoms with Gasteiger partial charge in [-0.1, -0.05) is 0 Å². The zero-order chi connectivity index (χ0) is 9.42. The monoisotopic (exact) mass is 197 g/mol. The van der Waals surface area contributed by atoms with Crippen molar-refractivity contribution in [2.45, 2.75) is 25.9 Å². The van der Waals surface area contributed by atoms with Crippen LogP contribution >= 0.6 is 11.3 Å². The third kappa shape index (κ3) is 1.75. The minimum atomic E-state index is 0.0842. The number of hydrogen-bond acceptors (Lipinski definition) is 4. The fraction of sp³-hybridized carbons (Fsp3) is 0.667. The second kappa shape index (κ2) is 3.36. The number of fused-ring (bicyclic) bond motifs is 1. The van der Waals surface area contributed by atoms with Crippen LogP contribution in [0.15, 0.2) is 0 Å². The quantitative estimate of drug-likeness (QED) is 0.734. The molecule has 2 heterocycles. The Morgan fingerprint density at radius 3 is 3.08 bits per heavy atom. The van der Waals surface area contributed by atoms with Crippen LogP contribution in [0.4, 0.5) is 0 Å². The first-order valence-corrected chi connectivity index (χ1v) is 5.41. The summed E-state index contributed by atoms with van der Waals surface area (Å²) in [6, 6.07) is 0.0842. The van der Waals surface area contributed by atoms with Crippen molar-refractivity contribution >= 4 is 11.3 Å². The summed E-state index contributed by atoms with van der Waals surface area (Å²) in [6.07, 6.45) is 1.14. The Labute approximate surface area is 82.6 Å². The van der Waals surface area contributed by atoms with E-state index in [9.17, 15) is 0 Å². The molecule has 0 spiro atoms. The largest absolute Gasteiger partial charge is 0.322 e. The van der Waals surface area contributed by atoms with Crippen LogP contribution in [0.1, 0.15) is 28.5 Å². The summed E-state index contributed by atoms with van der Waals surface area (Å²) in [5, 5.41) is 1.08. The fourth-order valence-electron chi connectivity index (χ4n) is 1.54. The number of aromatic nitrogens is 1. The summed E-state index contributed by atoms with van der Waals surface area (Å²) < 4.78 is 0. The normalized spacial score (nSPS) is 19.9. The molecule has 1 unspecified atom stereocenters. The molecule has 0 radical (unpaired) electrons. The molecule has 0 amide bonds. The number of likely N-dealkylation sites (N-methyl/N-ethyl adjacent to an activating group) is 1. The Kier molecular flexibility index (Phi) is 2.36. The fourth-order valence-corrected chi connectivity index (χ4v) is 2.56. The summed E-state index contributed by atoms with van der Waals surface area (Å²) >= 11 is 1.78. The van der Waals surface area contributed by atoms with Crippen LogP contribution in [-0.2, 0) is 13.0 Å². The van der Waals surface area contributed by atoms with E-state index in [0.29, 0.717) is 0 Å². The Hall–Kier alpha value is -0.450. The van der Waals surface area contributed by atoms with E-state index in [-0.39, 0.29) is 6.04 Å². The highest BCUT2D eigenvalue weighted by Crippen LogP contribution is 2.26. The van der Waals surface area contributed by atoms with E-state index in [1.165, 1.54) is 10.6 Å². The molecule has 1 aromatic heterocycles. The second-order valence-corrected chi connectivity index (χ2v) is 4.81. The number of nitrogens with two attached hydrogens (primary N) is 1. The third-order valence-electron chi connectivity index (χ3n) is 2.32. The molecule has 0 bridgehead atoms. The van der Waals surface area contributed by atoms with E-state index in [2.05, 4.69) is 16.9 Å². The van der Waals surface area contributed by atoms with Crippen molar-refractivity contribution in [2.24, 2.45) is 5.73 Å². The molecule has 0 saturated heterocycles. The number of nitrogens with zero attached hydrogens (tertiary/aromatic N) is 2. The van der Waals surface area contributed by atoms with Crippen LogP contribution in [0, 0.1) is 0 Å². The van der Waals surface area contributed by atoms with E-state index < -0.39 is 0 Å². The highest BCUT2D eigenvalue weighted by atomic mass is 32.1. The first kappa shape index (κ1) is 9.12. The van der Waals surface area contributed by atoms with E-state index in [4.69, 9.17) is 5.73 Å². The Morgan fingerprint density at radius 1 is 1.62 bits per heavy atom. The van der Waals surface area contributed by atoms with Gasteiger partial charge in [0.05, 0.1) is 11.7 Å². The number of thiazole rings is 1. The van der Waals surface area contributed by atoms with Gasteiger partial charge < -0.3 is 10.6 Å². The van der Waals surface area contributed by atoms with E-state index in [1.807, 2.05) is 6.92 Å². The van der Waals surface area contributed by atoms with Gasteiger partial charge in [-0.25, -0.2) is 4.98 Å². The van der Waals surface area contributed by atoms with Crippen molar-refractivity contribution in [1.29, 1.82) is 0 Å². The van der Waals surface area contributed by atoms with Crippen molar-refractivity contribution in [3.63, 3.8) is 0 Å². The van der Waals surface area contributed by atoms with Crippen LogP contribution in [0.25, 0.3) is 0 Å². The van der Waals surface area contributed by atoms with Crippen molar-refractivity contribution in [3.8, 4) is 0 Å². The predicted molar refractivity (Wildman–Crippen MR) is 54.8 cm³/mol. The van der Waals surface area contributed by atoms with Crippen molar-refractivity contribution in [2.75, 3.05) is 13.6 Å². The molecule has 1 aliphatic heterocycles. The number of hydrogen-bond donors (Lipinski definition) is 1. The molecule has 0 fully saturated rings. The van der Waals surface area contributed by atoms with Crippen LogP contribution in [0.5, 0.6) is 0 Å². The van der Waals surface area contributed by atoms with Crippen LogP contribution < -0.4 is 5.73 Å². The zero-order valence-electron chi connectivity index (χ0n) is 8.08. The summed E-state index contributed by atoms with van der Waals surface area (Å²) in [7, 11) is 2.13. The lowest BCUT2D eigenvalue weighted by Gasteiger charge is -2.20. The first-order chi connectivity index (χ1) is 6.16. The van der Waals surface area contributed by atoms with Gasteiger partial charge in [0, 0.05) is 18.0 Å². The Morgan fingerprint density at radius 2 is 2.38 bits per heavy atom. The van der Waals surface area contributed by atoms with Gasteiger partial charge in [0.2, 0.25) is 0 Å². The molecule has 1 aromatic rings. The van der Waals surface area contributed by atoms with Gasteiger partial charge in [0.25, 0.3) is 0 Å². The SMILES string of the molecule is CC(N)c1nc2c(s1)CCN(C)C2. The van der Waals surface area contributed by atoms with Gasteiger partial charge in [0.1, 0.15) is 5.01 Å². The van der Waals surface area contributed by atoms with Gasteiger partial charge in [-0.05, 0) is 20.4 Å². The highest BCUT2D eigenvalue weighted by Gasteiger charge is 2.19. The molecule has 2 N–H and O–H groups in total. The molecule has 2 rings (SSSR count).